The molecule has 2 atom stereocenters. The van der Waals surface area contributed by atoms with Gasteiger partial charge in [0.2, 0.25) is 5.89 Å². The highest BCUT2D eigenvalue weighted by Gasteiger charge is 2.26. The van der Waals surface area contributed by atoms with E-state index in [1.807, 2.05) is 13.1 Å². The highest BCUT2D eigenvalue weighted by Crippen LogP contribution is 2.29. The molecule has 4 rings (SSSR count). The van der Waals surface area contributed by atoms with Gasteiger partial charge in [0.25, 0.3) is 5.69 Å². The Morgan fingerprint density at radius 3 is 3.12 bits per heavy atom. The summed E-state index contributed by atoms with van der Waals surface area (Å²) in [6, 6.07) is 4.77. The molecule has 0 radical (unpaired) electrons. The van der Waals surface area contributed by atoms with Crippen LogP contribution in [0.1, 0.15) is 43.0 Å². The normalized spacial score (nSPS) is 20.8. The topological polar surface area (TPSA) is 107 Å². The van der Waals surface area contributed by atoms with E-state index in [0.29, 0.717) is 24.7 Å². The van der Waals surface area contributed by atoms with Crippen molar-refractivity contribution >= 4 is 16.6 Å². The largest absolute Gasteiger partial charge is 0.378 e. The first-order chi connectivity index (χ1) is 12.1. The molecule has 8 nitrogen and oxygen atoms in total. The molecule has 0 saturated carbocycles. The van der Waals surface area contributed by atoms with E-state index in [9.17, 15) is 10.1 Å². The Balaban J connectivity index is 1.57. The minimum absolute atomic E-state index is 0.0679. The number of non-ortho nitro benzene ring substituents is 1. The smallest absolute Gasteiger partial charge is 0.270 e. The summed E-state index contributed by atoms with van der Waals surface area (Å²) in [5.74, 6) is 1.46. The Labute approximate surface area is 143 Å². The molecule has 1 aliphatic heterocycles. The summed E-state index contributed by atoms with van der Waals surface area (Å²) >= 11 is 0. The average molecular weight is 342 g/mol. The van der Waals surface area contributed by atoms with Crippen molar-refractivity contribution in [3.05, 3.63) is 51.8 Å². The first-order valence-corrected chi connectivity index (χ1v) is 8.28. The van der Waals surface area contributed by atoms with E-state index >= 15 is 0 Å². The summed E-state index contributed by atoms with van der Waals surface area (Å²) in [7, 11) is 0. The van der Waals surface area contributed by atoms with Gasteiger partial charge in [-0.2, -0.15) is 4.98 Å². The zero-order valence-electron chi connectivity index (χ0n) is 13.8. The van der Waals surface area contributed by atoms with Crippen molar-refractivity contribution in [2.75, 3.05) is 6.61 Å². The summed E-state index contributed by atoms with van der Waals surface area (Å²) in [6.45, 7) is 2.75. The van der Waals surface area contributed by atoms with Gasteiger partial charge in [-0.25, -0.2) is 0 Å². The van der Waals surface area contributed by atoms with E-state index in [1.165, 1.54) is 6.07 Å². The molecule has 1 fully saturated rings. The molecule has 0 aliphatic carbocycles. The third-order valence-electron chi connectivity index (χ3n) is 4.63. The number of hydrogen-bond donors (Lipinski definition) is 1. The van der Waals surface area contributed by atoms with Gasteiger partial charge in [0.15, 0.2) is 5.82 Å². The van der Waals surface area contributed by atoms with Gasteiger partial charge in [0.05, 0.1) is 11.0 Å². The van der Waals surface area contributed by atoms with Gasteiger partial charge < -0.3 is 14.2 Å². The lowest BCUT2D eigenvalue weighted by Crippen LogP contribution is -2.21. The van der Waals surface area contributed by atoms with Crippen LogP contribution in [-0.4, -0.2) is 32.8 Å². The fourth-order valence-corrected chi connectivity index (χ4v) is 3.32. The van der Waals surface area contributed by atoms with Crippen LogP contribution in [0.3, 0.4) is 0 Å². The monoisotopic (exact) mass is 342 g/mol. The molecule has 2 aromatic heterocycles. The van der Waals surface area contributed by atoms with E-state index in [-0.39, 0.29) is 17.7 Å². The molecule has 0 bridgehead atoms. The Bertz CT molecular complexity index is 916. The Hall–Kier alpha value is -2.74. The van der Waals surface area contributed by atoms with Crippen molar-refractivity contribution < 1.29 is 14.2 Å². The second kappa shape index (κ2) is 6.29. The minimum atomic E-state index is -0.394. The molecule has 1 aromatic carbocycles. The Kier molecular flexibility index (Phi) is 3.96. The number of benzene rings is 1. The summed E-state index contributed by atoms with van der Waals surface area (Å²) in [4.78, 5) is 18.2. The standard InChI is InChI=1S/C17H18N4O4/c1-10-6-11(4-5-24-10)17-19-16(20-25-17)7-12-9-18-15-3-2-13(21(22)23)8-14(12)15/h2-3,8-11,18H,4-7H2,1H3. The van der Waals surface area contributed by atoms with E-state index in [1.54, 1.807) is 12.1 Å². The Morgan fingerprint density at radius 1 is 1.44 bits per heavy atom. The first-order valence-electron chi connectivity index (χ1n) is 8.28. The molecule has 3 aromatic rings. The summed E-state index contributed by atoms with van der Waals surface area (Å²) in [6.07, 6.45) is 4.25. The number of aromatic nitrogens is 3. The van der Waals surface area contributed by atoms with Crippen LogP contribution < -0.4 is 0 Å². The number of nitrogens with one attached hydrogen (secondary N) is 1. The van der Waals surface area contributed by atoms with Crippen molar-refractivity contribution in [3.63, 3.8) is 0 Å². The molecule has 1 aliphatic rings. The lowest BCUT2D eigenvalue weighted by Gasteiger charge is -2.24. The number of nitro groups is 1. The quantitative estimate of drug-likeness (QED) is 0.575. The average Bonchev–Trinajstić information content (AvgIpc) is 3.22. The van der Waals surface area contributed by atoms with Gasteiger partial charge in [-0.05, 0) is 31.4 Å². The van der Waals surface area contributed by atoms with Crippen LogP contribution in [-0.2, 0) is 11.2 Å². The molecular weight excluding hydrogens is 324 g/mol. The number of aromatic amines is 1. The molecule has 130 valence electrons. The van der Waals surface area contributed by atoms with E-state index in [0.717, 1.165) is 29.3 Å². The number of fused-ring (bicyclic) bond motifs is 1. The molecule has 8 heteroatoms. The van der Waals surface area contributed by atoms with Crippen LogP contribution in [0.4, 0.5) is 5.69 Å². The fraction of sp³-hybridized carbons (Fsp3) is 0.412. The Morgan fingerprint density at radius 2 is 2.32 bits per heavy atom. The fourth-order valence-electron chi connectivity index (χ4n) is 3.32. The zero-order valence-corrected chi connectivity index (χ0v) is 13.8. The van der Waals surface area contributed by atoms with Gasteiger partial charge in [0, 0.05) is 48.2 Å². The summed E-state index contributed by atoms with van der Waals surface area (Å²) in [5.41, 5.74) is 1.83. The van der Waals surface area contributed by atoms with Crippen LogP contribution in [0, 0.1) is 10.1 Å². The maximum Gasteiger partial charge on any atom is 0.270 e. The molecular formula is C17H18N4O4. The molecule has 3 heterocycles. The highest BCUT2D eigenvalue weighted by molar-refractivity contribution is 5.85. The van der Waals surface area contributed by atoms with Crippen LogP contribution in [0.25, 0.3) is 10.9 Å². The lowest BCUT2D eigenvalue weighted by atomic mass is 9.96. The van der Waals surface area contributed by atoms with E-state index in [2.05, 4.69) is 15.1 Å². The number of ether oxygens (including phenoxy) is 1. The minimum Gasteiger partial charge on any atom is -0.378 e. The van der Waals surface area contributed by atoms with E-state index in [4.69, 9.17) is 9.26 Å². The molecule has 0 amide bonds. The van der Waals surface area contributed by atoms with Gasteiger partial charge in [-0.1, -0.05) is 5.16 Å². The number of nitrogens with zero attached hydrogens (tertiary/aromatic N) is 3. The predicted octanol–water partition coefficient (Wildman–Crippen LogP) is 3.33. The molecule has 0 spiro atoms. The first kappa shape index (κ1) is 15.8. The van der Waals surface area contributed by atoms with Crippen molar-refractivity contribution in [2.24, 2.45) is 0 Å². The van der Waals surface area contributed by atoms with Crippen LogP contribution in [0.2, 0.25) is 0 Å². The summed E-state index contributed by atoms with van der Waals surface area (Å²) < 4.78 is 11.0. The number of H-pyrrole nitrogens is 1. The van der Waals surface area contributed by atoms with Crippen LogP contribution in [0.15, 0.2) is 28.9 Å². The highest BCUT2D eigenvalue weighted by atomic mass is 16.6. The maximum atomic E-state index is 11.0. The predicted molar refractivity (Wildman–Crippen MR) is 89.4 cm³/mol. The SMILES string of the molecule is CC1CC(c2nc(Cc3c[nH]c4ccc([N+](=O)[O-])cc34)no2)CCO1. The molecule has 1 N–H and O–H groups in total. The molecule has 25 heavy (non-hydrogen) atoms. The van der Waals surface area contributed by atoms with Crippen molar-refractivity contribution in [3.8, 4) is 0 Å². The van der Waals surface area contributed by atoms with Gasteiger partial charge in [-0.3, -0.25) is 10.1 Å². The number of rotatable bonds is 4. The third kappa shape index (κ3) is 3.12. The van der Waals surface area contributed by atoms with Crippen molar-refractivity contribution in [1.29, 1.82) is 0 Å². The van der Waals surface area contributed by atoms with E-state index < -0.39 is 4.92 Å². The zero-order chi connectivity index (χ0) is 17.4. The number of nitro benzene ring substituents is 1. The van der Waals surface area contributed by atoms with Crippen molar-refractivity contribution in [1.82, 2.24) is 15.1 Å². The van der Waals surface area contributed by atoms with Crippen molar-refractivity contribution in [2.45, 2.75) is 38.2 Å². The van der Waals surface area contributed by atoms with Crippen LogP contribution >= 0.6 is 0 Å². The van der Waals surface area contributed by atoms with Gasteiger partial charge in [-0.15, -0.1) is 0 Å². The lowest BCUT2D eigenvalue weighted by molar-refractivity contribution is -0.384. The summed E-state index contributed by atoms with van der Waals surface area (Å²) in [5, 5.41) is 15.9. The van der Waals surface area contributed by atoms with Gasteiger partial charge in [0.1, 0.15) is 0 Å². The second-order valence-electron chi connectivity index (χ2n) is 6.43. The number of hydrogen-bond acceptors (Lipinski definition) is 6. The molecule has 1 saturated heterocycles. The maximum absolute atomic E-state index is 11.0. The second-order valence-corrected chi connectivity index (χ2v) is 6.43. The van der Waals surface area contributed by atoms with Gasteiger partial charge >= 0.3 is 0 Å². The molecule has 2 unspecified atom stereocenters. The third-order valence-corrected chi connectivity index (χ3v) is 4.63. The van der Waals surface area contributed by atoms with Crippen LogP contribution in [0.5, 0.6) is 0 Å².